The molecular formula is C25H21N5O2. The summed E-state index contributed by atoms with van der Waals surface area (Å²) in [6.07, 6.45) is 3.67. The van der Waals surface area contributed by atoms with E-state index in [9.17, 15) is 4.79 Å². The summed E-state index contributed by atoms with van der Waals surface area (Å²) in [5, 5.41) is 17.0. The van der Waals surface area contributed by atoms with E-state index in [0.29, 0.717) is 17.1 Å². The van der Waals surface area contributed by atoms with E-state index in [1.165, 1.54) is 24.5 Å². The van der Waals surface area contributed by atoms with E-state index in [-0.39, 0.29) is 0 Å². The Hall–Kier alpha value is -4.31. The molecule has 0 saturated carbocycles. The van der Waals surface area contributed by atoms with Crippen molar-refractivity contribution in [1.29, 1.82) is 0 Å². The Morgan fingerprint density at radius 1 is 0.688 bits per heavy atom. The average molecular weight is 423 g/mol. The van der Waals surface area contributed by atoms with E-state index in [4.69, 9.17) is 4.74 Å². The van der Waals surface area contributed by atoms with Crippen molar-refractivity contribution in [2.24, 2.45) is 20.5 Å². The number of anilines is 1. The van der Waals surface area contributed by atoms with Gasteiger partial charge in [-0.15, -0.1) is 0 Å². The van der Waals surface area contributed by atoms with Crippen molar-refractivity contribution in [3.8, 4) is 5.75 Å². The summed E-state index contributed by atoms with van der Waals surface area (Å²) >= 11 is 0. The number of nitrogens with zero attached hydrogens (tertiary/aromatic N) is 5. The summed E-state index contributed by atoms with van der Waals surface area (Å²) in [7, 11) is 0. The fourth-order valence-corrected chi connectivity index (χ4v) is 3.24. The second-order valence-corrected chi connectivity index (χ2v) is 7.10. The first-order valence-corrected chi connectivity index (χ1v) is 10.3. The lowest BCUT2D eigenvalue weighted by Gasteiger charge is -2.17. The minimum atomic E-state index is 0.562. The molecule has 4 rings (SSSR count). The number of hydrogen-bond donors (Lipinski definition) is 0. The van der Waals surface area contributed by atoms with Gasteiger partial charge >= 0.3 is 0 Å². The largest absolute Gasteiger partial charge is 0.456 e. The normalized spacial score (nSPS) is 13.3. The highest BCUT2D eigenvalue weighted by atomic mass is 16.5. The minimum Gasteiger partial charge on any atom is -0.456 e. The Kier molecular flexibility index (Phi) is 6.96. The topological polar surface area (TPSA) is 79.0 Å². The van der Waals surface area contributed by atoms with E-state index >= 15 is 0 Å². The van der Waals surface area contributed by atoms with Gasteiger partial charge in [0.05, 0.1) is 22.7 Å². The smallest absolute Gasteiger partial charge is 0.180 e. The van der Waals surface area contributed by atoms with Crippen LogP contribution in [0.25, 0.3) is 0 Å². The van der Waals surface area contributed by atoms with Gasteiger partial charge in [0.2, 0.25) is 0 Å². The molecule has 0 unspecified atom stereocenters. The van der Waals surface area contributed by atoms with Crippen LogP contribution in [0.1, 0.15) is 12.8 Å². The number of carbonyl (C=O) groups excluding carboxylic acids is 1. The molecule has 0 atom stereocenters. The Balaban J connectivity index is 1.33. The van der Waals surface area contributed by atoms with Crippen molar-refractivity contribution in [3.05, 3.63) is 84.8 Å². The standard InChI is InChI=1S/C25H21N5O2/c31-18-3-19-32-25-14-10-23(11-15-25)29-27-21-6-4-20(5-7-21)26-28-22-8-12-24(13-9-22)30-16-1-2-17-30/h4-15,19H,1-2,16-17H2. The first-order valence-electron chi connectivity index (χ1n) is 10.3. The van der Waals surface area contributed by atoms with Gasteiger partial charge in [0.15, 0.2) is 5.94 Å². The number of azo groups is 2. The van der Waals surface area contributed by atoms with Gasteiger partial charge in [-0.25, -0.2) is 4.79 Å². The molecule has 1 aliphatic rings. The van der Waals surface area contributed by atoms with Crippen molar-refractivity contribution in [2.75, 3.05) is 18.0 Å². The monoisotopic (exact) mass is 423 g/mol. The Morgan fingerprint density at radius 3 is 1.59 bits per heavy atom. The third-order valence-electron chi connectivity index (χ3n) is 4.88. The van der Waals surface area contributed by atoms with Crippen molar-refractivity contribution < 1.29 is 9.53 Å². The predicted molar refractivity (Wildman–Crippen MR) is 124 cm³/mol. The quantitative estimate of drug-likeness (QED) is 0.178. The lowest BCUT2D eigenvalue weighted by molar-refractivity contribution is 0.482. The molecule has 1 aliphatic heterocycles. The molecule has 0 amide bonds. The van der Waals surface area contributed by atoms with Gasteiger partial charge in [-0.1, -0.05) is 0 Å². The maximum Gasteiger partial charge on any atom is 0.180 e. The zero-order valence-corrected chi connectivity index (χ0v) is 17.4. The van der Waals surface area contributed by atoms with Gasteiger partial charge in [0.25, 0.3) is 0 Å². The molecule has 1 saturated heterocycles. The van der Waals surface area contributed by atoms with Gasteiger partial charge in [0.1, 0.15) is 12.0 Å². The molecule has 3 aromatic carbocycles. The molecule has 7 nitrogen and oxygen atoms in total. The first-order chi connectivity index (χ1) is 15.8. The second kappa shape index (κ2) is 10.6. The Morgan fingerprint density at radius 2 is 1.12 bits per heavy atom. The summed E-state index contributed by atoms with van der Waals surface area (Å²) in [4.78, 5) is 12.4. The summed E-state index contributed by atoms with van der Waals surface area (Å²) in [6, 6.07) is 22.5. The maximum atomic E-state index is 10.1. The van der Waals surface area contributed by atoms with Crippen LogP contribution < -0.4 is 9.64 Å². The fourth-order valence-electron chi connectivity index (χ4n) is 3.24. The first kappa shape index (κ1) is 20.9. The summed E-state index contributed by atoms with van der Waals surface area (Å²) in [5.41, 5.74) is 6.37. The van der Waals surface area contributed by atoms with Crippen molar-refractivity contribution in [2.45, 2.75) is 12.8 Å². The molecule has 1 heterocycles. The third kappa shape index (κ3) is 5.86. The van der Waals surface area contributed by atoms with Crippen LogP contribution in [0.4, 0.5) is 28.4 Å². The van der Waals surface area contributed by atoms with E-state index in [1.54, 1.807) is 24.3 Å². The molecule has 0 N–H and O–H groups in total. The van der Waals surface area contributed by atoms with Gasteiger partial charge in [-0.05, 0) is 85.6 Å². The molecule has 0 bridgehead atoms. The van der Waals surface area contributed by atoms with Crippen molar-refractivity contribution >= 4 is 34.4 Å². The Bertz CT molecular complexity index is 1170. The number of hydrogen-bond acceptors (Lipinski definition) is 7. The van der Waals surface area contributed by atoms with Crippen LogP contribution in [0, 0.1) is 0 Å². The molecule has 158 valence electrons. The summed E-state index contributed by atoms with van der Waals surface area (Å²) in [5.74, 6) is 2.05. The number of benzene rings is 3. The van der Waals surface area contributed by atoms with Crippen LogP contribution in [0.15, 0.2) is 105 Å². The third-order valence-corrected chi connectivity index (χ3v) is 4.88. The molecular weight excluding hydrogens is 402 g/mol. The van der Waals surface area contributed by atoms with E-state index in [2.05, 4.69) is 43.2 Å². The molecule has 1 fully saturated rings. The molecule has 0 aromatic heterocycles. The van der Waals surface area contributed by atoms with E-state index in [1.807, 2.05) is 36.4 Å². The highest BCUT2D eigenvalue weighted by Gasteiger charge is 2.11. The molecule has 3 aromatic rings. The lowest BCUT2D eigenvalue weighted by Crippen LogP contribution is -2.17. The molecule has 32 heavy (non-hydrogen) atoms. The van der Waals surface area contributed by atoms with Crippen LogP contribution in [-0.4, -0.2) is 19.0 Å². The van der Waals surface area contributed by atoms with Crippen LogP contribution in [0.2, 0.25) is 0 Å². The van der Waals surface area contributed by atoms with Crippen molar-refractivity contribution in [1.82, 2.24) is 0 Å². The molecule has 0 aliphatic carbocycles. The zero-order chi connectivity index (χ0) is 22.0. The SMILES string of the molecule is O=C=C=COc1ccc(N=Nc2ccc(N=Nc3ccc(N4CCCC4)cc3)cc2)cc1. The van der Waals surface area contributed by atoms with Gasteiger partial charge in [-0.2, -0.15) is 20.5 Å². The van der Waals surface area contributed by atoms with Crippen LogP contribution in [0.5, 0.6) is 5.75 Å². The molecule has 0 radical (unpaired) electrons. The zero-order valence-electron chi connectivity index (χ0n) is 17.4. The van der Waals surface area contributed by atoms with E-state index in [0.717, 1.165) is 30.7 Å². The lowest BCUT2D eigenvalue weighted by atomic mass is 10.2. The summed E-state index contributed by atoms with van der Waals surface area (Å²) in [6.45, 7) is 2.25. The maximum absolute atomic E-state index is 10.1. The van der Waals surface area contributed by atoms with Gasteiger partial charge in [-0.3, -0.25) is 0 Å². The second-order valence-electron chi connectivity index (χ2n) is 7.10. The fraction of sp³-hybridized carbons (Fsp3) is 0.160. The van der Waals surface area contributed by atoms with Crippen LogP contribution >= 0.6 is 0 Å². The highest BCUT2D eigenvalue weighted by molar-refractivity contribution is 5.54. The molecule has 0 spiro atoms. The minimum absolute atomic E-state index is 0.562. The van der Waals surface area contributed by atoms with Gasteiger partial charge < -0.3 is 9.64 Å². The highest BCUT2D eigenvalue weighted by Crippen LogP contribution is 2.26. The number of ether oxygens (including phenoxy) is 1. The van der Waals surface area contributed by atoms with Crippen LogP contribution in [0.3, 0.4) is 0 Å². The van der Waals surface area contributed by atoms with E-state index < -0.39 is 0 Å². The average Bonchev–Trinajstić information content (AvgIpc) is 3.38. The van der Waals surface area contributed by atoms with Gasteiger partial charge in [0, 0.05) is 24.5 Å². The van der Waals surface area contributed by atoms with Crippen molar-refractivity contribution in [3.63, 3.8) is 0 Å². The number of rotatable bonds is 7. The Labute approximate surface area is 186 Å². The summed E-state index contributed by atoms with van der Waals surface area (Å²) < 4.78 is 5.17. The molecule has 7 heteroatoms. The van der Waals surface area contributed by atoms with Crippen LogP contribution in [-0.2, 0) is 4.79 Å². The predicted octanol–water partition coefficient (Wildman–Crippen LogP) is 7.00.